The quantitative estimate of drug-likeness (QED) is 0.773. The lowest BCUT2D eigenvalue weighted by molar-refractivity contribution is 0.0950. The van der Waals surface area contributed by atoms with Crippen LogP contribution in [0.1, 0.15) is 59.4 Å². The molecule has 3 unspecified atom stereocenters. The first kappa shape index (κ1) is 16.5. The van der Waals surface area contributed by atoms with Gasteiger partial charge in [-0.15, -0.1) is 0 Å². The minimum Gasteiger partial charge on any atom is -0.348 e. The molecule has 0 spiro atoms. The van der Waals surface area contributed by atoms with E-state index in [-0.39, 0.29) is 18.0 Å². The highest BCUT2D eigenvalue weighted by Crippen LogP contribution is 2.54. The Hall–Kier alpha value is -2.69. The summed E-state index contributed by atoms with van der Waals surface area (Å²) in [5, 5.41) is 8.59. The van der Waals surface area contributed by atoms with Crippen LogP contribution in [0.25, 0.3) is 11.0 Å². The second-order valence-electron chi connectivity index (χ2n) is 8.16. The number of aromatic nitrogens is 3. The fourth-order valence-corrected chi connectivity index (χ4v) is 4.70. The van der Waals surface area contributed by atoms with E-state index in [1.807, 2.05) is 17.7 Å². The second kappa shape index (κ2) is 5.91. The lowest BCUT2D eigenvalue weighted by Gasteiger charge is -2.13. The molecule has 5 heteroatoms. The van der Waals surface area contributed by atoms with Crippen LogP contribution >= 0.6 is 0 Å². The zero-order valence-electron chi connectivity index (χ0n) is 15.9. The number of fused-ring (bicyclic) bond motifs is 4. The zero-order chi connectivity index (χ0) is 18.7. The fraction of sp³-hybridized carbons (Fsp3) is 0.409. The van der Waals surface area contributed by atoms with Gasteiger partial charge in [0.2, 0.25) is 0 Å². The van der Waals surface area contributed by atoms with Crippen LogP contribution in [0.15, 0.2) is 36.5 Å². The molecule has 5 rings (SSSR count). The first-order valence-corrected chi connectivity index (χ1v) is 9.78. The molecule has 3 atom stereocenters. The van der Waals surface area contributed by atoms with Crippen LogP contribution in [-0.2, 0) is 6.42 Å². The van der Waals surface area contributed by atoms with Gasteiger partial charge in [0.15, 0.2) is 5.65 Å². The van der Waals surface area contributed by atoms with Crippen molar-refractivity contribution < 1.29 is 4.79 Å². The van der Waals surface area contributed by atoms with Crippen molar-refractivity contribution in [3.8, 4) is 0 Å². The van der Waals surface area contributed by atoms with Gasteiger partial charge in [-0.25, -0.2) is 9.67 Å². The summed E-state index contributed by atoms with van der Waals surface area (Å²) in [4.78, 5) is 17.7. The molecule has 1 fully saturated rings. The molecule has 1 amide bonds. The number of carbonyl (C=O) groups is 1. The van der Waals surface area contributed by atoms with Crippen molar-refractivity contribution >= 4 is 16.9 Å². The lowest BCUT2D eigenvalue weighted by Crippen LogP contribution is -2.28. The number of carbonyl (C=O) groups excluding carboxylic acids is 1. The van der Waals surface area contributed by atoms with E-state index in [0.29, 0.717) is 17.4 Å². The van der Waals surface area contributed by atoms with Crippen molar-refractivity contribution in [2.75, 3.05) is 0 Å². The van der Waals surface area contributed by atoms with Crippen LogP contribution in [0.2, 0.25) is 0 Å². The van der Waals surface area contributed by atoms with Crippen LogP contribution < -0.4 is 5.32 Å². The number of benzene rings is 1. The Balaban J connectivity index is 1.45. The summed E-state index contributed by atoms with van der Waals surface area (Å²) in [6.45, 7) is 6.08. The van der Waals surface area contributed by atoms with Gasteiger partial charge in [0.05, 0.1) is 17.1 Å². The maximum absolute atomic E-state index is 13.1. The minimum atomic E-state index is -0.00862. The Morgan fingerprint density at radius 2 is 2.11 bits per heavy atom. The van der Waals surface area contributed by atoms with Crippen molar-refractivity contribution in [3.05, 3.63) is 58.9 Å². The molecule has 138 valence electrons. The Morgan fingerprint density at radius 1 is 1.30 bits per heavy atom. The van der Waals surface area contributed by atoms with Crippen LogP contribution in [0.3, 0.4) is 0 Å². The van der Waals surface area contributed by atoms with Crippen LogP contribution in [0, 0.1) is 12.8 Å². The predicted octanol–water partition coefficient (Wildman–Crippen LogP) is 3.78. The van der Waals surface area contributed by atoms with Crippen molar-refractivity contribution in [1.82, 2.24) is 20.1 Å². The number of aryl methyl sites for hydroxylation is 2. The predicted molar refractivity (Wildman–Crippen MR) is 105 cm³/mol. The number of pyridine rings is 1. The van der Waals surface area contributed by atoms with Crippen molar-refractivity contribution in [2.45, 2.75) is 51.6 Å². The van der Waals surface area contributed by atoms with Gasteiger partial charge in [-0.05, 0) is 56.7 Å². The van der Waals surface area contributed by atoms with E-state index in [1.165, 1.54) is 11.1 Å². The van der Waals surface area contributed by atoms with Gasteiger partial charge < -0.3 is 5.32 Å². The first-order valence-electron chi connectivity index (χ1n) is 9.78. The summed E-state index contributed by atoms with van der Waals surface area (Å²) in [5.74, 6) is 1.03. The van der Waals surface area contributed by atoms with Crippen molar-refractivity contribution in [1.29, 1.82) is 0 Å². The lowest BCUT2D eigenvalue weighted by atomic mass is 9.92. The first-order chi connectivity index (χ1) is 13.0. The van der Waals surface area contributed by atoms with Crippen molar-refractivity contribution in [3.63, 3.8) is 0 Å². The maximum Gasteiger partial charge on any atom is 0.252 e. The van der Waals surface area contributed by atoms with Crippen molar-refractivity contribution in [2.24, 2.45) is 5.92 Å². The molecule has 27 heavy (non-hydrogen) atoms. The number of rotatable bonds is 3. The largest absolute Gasteiger partial charge is 0.348 e. The highest BCUT2D eigenvalue weighted by atomic mass is 16.1. The molecule has 1 aromatic carbocycles. The van der Waals surface area contributed by atoms with E-state index in [2.05, 4.69) is 53.5 Å². The van der Waals surface area contributed by atoms with Gasteiger partial charge in [-0.3, -0.25) is 4.79 Å². The van der Waals surface area contributed by atoms with E-state index in [0.717, 1.165) is 29.6 Å². The maximum atomic E-state index is 13.1. The van der Waals surface area contributed by atoms with E-state index in [1.54, 1.807) is 6.20 Å². The number of nitrogens with one attached hydrogen (secondary N) is 1. The normalized spacial score (nSPS) is 23.2. The molecular weight excluding hydrogens is 336 g/mol. The Morgan fingerprint density at radius 3 is 2.93 bits per heavy atom. The highest BCUT2D eigenvalue weighted by molar-refractivity contribution is 6.05. The second-order valence-corrected chi connectivity index (χ2v) is 8.16. The van der Waals surface area contributed by atoms with E-state index >= 15 is 0 Å². The molecule has 0 bridgehead atoms. The summed E-state index contributed by atoms with van der Waals surface area (Å²) >= 11 is 0. The van der Waals surface area contributed by atoms with Gasteiger partial charge >= 0.3 is 0 Å². The topological polar surface area (TPSA) is 59.8 Å². The van der Waals surface area contributed by atoms with Crippen LogP contribution in [-0.4, -0.2) is 26.7 Å². The molecule has 2 aliphatic carbocycles. The number of hydrogen-bond donors (Lipinski definition) is 1. The Labute approximate surface area is 158 Å². The van der Waals surface area contributed by atoms with Crippen LogP contribution in [0.4, 0.5) is 0 Å². The third-order valence-electron chi connectivity index (χ3n) is 6.06. The summed E-state index contributed by atoms with van der Waals surface area (Å²) in [6, 6.07) is 11.0. The third-order valence-corrected chi connectivity index (χ3v) is 6.06. The smallest absolute Gasteiger partial charge is 0.252 e. The molecule has 0 saturated heterocycles. The molecule has 0 aliphatic heterocycles. The molecule has 2 heterocycles. The van der Waals surface area contributed by atoms with Gasteiger partial charge in [-0.2, -0.15) is 5.10 Å². The summed E-state index contributed by atoms with van der Waals surface area (Å²) in [6.07, 6.45) is 4.04. The van der Waals surface area contributed by atoms with E-state index < -0.39 is 0 Å². The summed E-state index contributed by atoms with van der Waals surface area (Å²) < 4.78 is 1.88. The standard InChI is InChI=1S/C22H24N4O/c1-12(2)26-21-18(11-23-26)17(10-13(3)24-21)22(27)25-20-16-9-8-14-6-4-5-7-15(14)19(16)20/h4-7,10-12,16,19-20H,8-9H2,1-3H3,(H,25,27). The van der Waals surface area contributed by atoms with Gasteiger partial charge in [-0.1, -0.05) is 24.3 Å². The Kier molecular flexibility index (Phi) is 3.61. The van der Waals surface area contributed by atoms with Crippen LogP contribution in [0.5, 0.6) is 0 Å². The molecule has 2 aromatic heterocycles. The average molecular weight is 360 g/mol. The Bertz CT molecular complexity index is 1050. The van der Waals surface area contributed by atoms with Gasteiger partial charge in [0.25, 0.3) is 5.91 Å². The SMILES string of the molecule is Cc1cc(C(=O)NC2C3CCc4ccccc4C32)c2cnn(C(C)C)c2n1. The van der Waals surface area contributed by atoms with Gasteiger partial charge in [0.1, 0.15) is 0 Å². The molecule has 5 nitrogen and oxygen atoms in total. The molecule has 2 aliphatic rings. The molecular formula is C22H24N4O. The fourth-order valence-electron chi connectivity index (χ4n) is 4.70. The van der Waals surface area contributed by atoms with Gasteiger partial charge in [0, 0.05) is 23.7 Å². The number of amides is 1. The average Bonchev–Trinajstić information content (AvgIpc) is 3.18. The molecule has 0 radical (unpaired) electrons. The zero-order valence-corrected chi connectivity index (χ0v) is 15.9. The van der Waals surface area contributed by atoms with E-state index in [9.17, 15) is 4.79 Å². The molecule has 1 N–H and O–H groups in total. The van der Waals surface area contributed by atoms with E-state index in [4.69, 9.17) is 0 Å². The monoisotopic (exact) mass is 360 g/mol. The summed E-state index contributed by atoms with van der Waals surface area (Å²) in [7, 11) is 0. The number of hydrogen-bond acceptors (Lipinski definition) is 3. The highest BCUT2D eigenvalue weighted by Gasteiger charge is 2.53. The molecule has 3 aromatic rings. The number of nitrogens with zero attached hydrogens (tertiary/aromatic N) is 3. The molecule has 1 saturated carbocycles. The summed E-state index contributed by atoms with van der Waals surface area (Å²) in [5.41, 5.74) is 5.17. The minimum absolute atomic E-state index is 0.00862. The third kappa shape index (κ3) is 2.56.